The lowest BCUT2D eigenvalue weighted by molar-refractivity contribution is -0.131. The zero-order valence-corrected chi connectivity index (χ0v) is 9.40. The minimum Gasteiger partial charge on any atom is -0.478 e. The van der Waals surface area contributed by atoms with Gasteiger partial charge in [-0.2, -0.15) is 0 Å². The van der Waals surface area contributed by atoms with E-state index in [2.05, 4.69) is 0 Å². The number of allylic oxidation sites excluding steroid dienone is 1. The van der Waals surface area contributed by atoms with Gasteiger partial charge in [-0.05, 0) is 29.5 Å². The molecule has 0 bridgehead atoms. The fourth-order valence-electron chi connectivity index (χ4n) is 1.48. The molecule has 0 heterocycles. The van der Waals surface area contributed by atoms with Crippen molar-refractivity contribution in [1.82, 2.24) is 0 Å². The van der Waals surface area contributed by atoms with E-state index in [1.165, 1.54) is 12.1 Å². The number of carboxylic acids is 1. The lowest BCUT2D eigenvalue weighted by Crippen LogP contribution is -2.12. The second-order valence-corrected chi connectivity index (χ2v) is 4.46. The summed E-state index contributed by atoms with van der Waals surface area (Å²) in [6.07, 6.45) is 3.47. The molecule has 1 aromatic rings. The van der Waals surface area contributed by atoms with E-state index in [9.17, 15) is 9.18 Å². The van der Waals surface area contributed by atoms with E-state index >= 15 is 0 Å². The van der Waals surface area contributed by atoms with Crippen molar-refractivity contribution in [2.75, 3.05) is 0 Å². The molecule has 0 aliphatic carbocycles. The summed E-state index contributed by atoms with van der Waals surface area (Å²) in [7, 11) is 0. The van der Waals surface area contributed by atoms with Gasteiger partial charge in [-0.1, -0.05) is 32.1 Å². The normalized spacial score (nSPS) is 11.9. The van der Waals surface area contributed by atoms with Gasteiger partial charge < -0.3 is 5.11 Å². The van der Waals surface area contributed by atoms with Gasteiger partial charge in [0.25, 0.3) is 0 Å². The fourth-order valence-corrected chi connectivity index (χ4v) is 1.48. The maximum absolute atomic E-state index is 12.7. The minimum atomic E-state index is -0.952. The van der Waals surface area contributed by atoms with Gasteiger partial charge in [-0.15, -0.1) is 0 Å². The Morgan fingerprint density at radius 1 is 1.38 bits per heavy atom. The van der Waals surface area contributed by atoms with Crippen LogP contribution in [0.5, 0.6) is 0 Å². The van der Waals surface area contributed by atoms with E-state index < -0.39 is 5.97 Å². The summed E-state index contributed by atoms with van der Waals surface area (Å²) in [4.78, 5) is 10.4. The second kappa shape index (κ2) is 4.92. The molecule has 0 radical (unpaired) electrons. The summed E-state index contributed by atoms with van der Waals surface area (Å²) in [6.45, 7) is 3.88. The lowest BCUT2D eigenvalue weighted by Gasteiger charge is -2.19. The van der Waals surface area contributed by atoms with Crippen LogP contribution in [0.1, 0.15) is 19.4 Å². The van der Waals surface area contributed by atoms with Crippen LogP contribution in [0.3, 0.4) is 0 Å². The third kappa shape index (κ3) is 4.26. The number of carbonyl (C=O) groups is 1. The van der Waals surface area contributed by atoms with Crippen molar-refractivity contribution in [2.24, 2.45) is 5.41 Å². The van der Waals surface area contributed by atoms with Gasteiger partial charge >= 0.3 is 5.97 Å². The molecule has 0 unspecified atom stereocenters. The van der Waals surface area contributed by atoms with Gasteiger partial charge in [0.05, 0.1) is 0 Å². The van der Waals surface area contributed by atoms with Crippen LogP contribution in [0, 0.1) is 11.2 Å². The van der Waals surface area contributed by atoms with Crippen molar-refractivity contribution in [3.8, 4) is 0 Å². The standard InChI is InChI=1S/C13H15FO2/c1-13(2,8-7-12(15)16)9-10-3-5-11(14)6-4-10/h3-8H,9H2,1-2H3,(H,15,16)/b8-7+. The minimum absolute atomic E-state index is 0.254. The van der Waals surface area contributed by atoms with E-state index in [0.717, 1.165) is 11.6 Å². The average molecular weight is 222 g/mol. The smallest absolute Gasteiger partial charge is 0.327 e. The first kappa shape index (κ1) is 12.4. The van der Waals surface area contributed by atoms with Crippen molar-refractivity contribution in [3.63, 3.8) is 0 Å². The number of rotatable bonds is 4. The number of aliphatic carboxylic acids is 1. The maximum Gasteiger partial charge on any atom is 0.327 e. The van der Waals surface area contributed by atoms with Gasteiger partial charge in [0, 0.05) is 6.08 Å². The van der Waals surface area contributed by atoms with Crippen LogP contribution in [0.15, 0.2) is 36.4 Å². The number of benzene rings is 1. The number of halogens is 1. The molecule has 0 aromatic heterocycles. The first-order valence-corrected chi connectivity index (χ1v) is 5.06. The summed E-state index contributed by atoms with van der Waals surface area (Å²) in [6, 6.07) is 6.25. The highest BCUT2D eigenvalue weighted by Gasteiger charge is 2.15. The van der Waals surface area contributed by atoms with Crippen molar-refractivity contribution in [2.45, 2.75) is 20.3 Å². The van der Waals surface area contributed by atoms with Crippen LogP contribution in [-0.2, 0) is 11.2 Å². The Kier molecular flexibility index (Phi) is 3.82. The summed E-state index contributed by atoms with van der Waals surface area (Å²) in [5.41, 5.74) is 0.734. The van der Waals surface area contributed by atoms with Crippen LogP contribution >= 0.6 is 0 Å². The van der Waals surface area contributed by atoms with Crippen molar-refractivity contribution in [3.05, 3.63) is 47.8 Å². The molecule has 1 N–H and O–H groups in total. The predicted octanol–water partition coefficient (Wildman–Crippen LogP) is 3.04. The van der Waals surface area contributed by atoms with Crippen LogP contribution < -0.4 is 0 Å². The number of hydrogen-bond donors (Lipinski definition) is 1. The molecule has 86 valence electrons. The van der Waals surface area contributed by atoms with Crippen molar-refractivity contribution >= 4 is 5.97 Å². The van der Waals surface area contributed by atoms with E-state index in [1.807, 2.05) is 13.8 Å². The van der Waals surface area contributed by atoms with E-state index in [-0.39, 0.29) is 11.2 Å². The molecule has 1 aromatic carbocycles. The van der Waals surface area contributed by atoms with Crippen LogP contribution in [0.2, 0.25) is 0 Å². The van der Waals surface area contributed by atoms with Gasteiger partial charge in [0.1, 0.15) is 5.82 Å². The average Bonchev–Trinajstić information content (AvgIpc) is 2.19. The first-order chi connectivity index (χ1) is 7.39. The molecular formula is C13H15FO2. The Morgan fingerprint density at radius 3 is 2.44 bits per heavy atom. The highest BCUT2D eigenvalue weighted by atomic mass is 19.1. The highest BCUT2D eigenvalue weighted by Crippen LogP contribution is 2.23. The summed E-state index contributed by atoms with van der Waals surface area (Å²) < 4.78 is 12.7. The van der Waals surface area contributed by atoms with Gasteiger partial charge in [0.15, 0.2) is 0 Å². The number of hydrogen-bond acceptors (Lipinski definition) is 1. The van der Waals surface area contributed by atoms with E-state index in [0.29, 0.717) is 6.42 Å². The highest BCUT2D eigenvalue weighted by molar-refractivity contribution is 5.79. The molecule has 16 heavy (non-hydrogen) atoms. The Balaban J connectivity index is 2.72. The van der Waals surface area contributed by atoms with Gasteiger partial charge in [0.2, 0.25) is 0 Å². The molecule has 1 rings (SSSR count). The molecule has 0 saturated carbocycles. The second-order valence-electron chi connectivity index (χ2n) is 4.46. The molecule has 0 atom stereocenters. The molecule has 0 aliphatic rings. The predicted molar refractivity (Wildman–Crippen MR) is 60.7 cm³/mol. The molecule has 0 fully saturated rings. The van der Waals surface area contributed by atoms with E-state index in [4.69, 9.17) is 5.11 Å². The van der Waals surface area contributed by atoms with Gasteiger partial charge in [-0.3, -0.25) is 0 Å². The Bertz CT molecular complexity index is 391. The molecule has 2 nitrogen and oxygen atoms in total. The van der Waals surface area contributed by atoms with Crippen LogP contribution in [0.4, 0.5) is 4.39 Å². The Labute approximate surface area is 94.4 Å². The largest absolute Gasteiger partial charge is 0.478 e. The van der Waals surface area contributed by atoms with Crippen molar-refractivity contribution in [1.29, 1.82) is 0 Å². The van der Waals surface area contributed by atoms with Crippen LogP contribution in [0.25, 0.3) is 0 Å². The third-order valence-electron chi connectivity index (χ3n) is 2.25. The lowest BCUT2D eigenvalue weighted by atomic mass is 9.85. The van der Waals surface area contributed by atoms with Crippen molar-refractivity contribution < 1.29 is 14.3 Å². The zero-order valence-electron chi connectivity index (χ0n) is 9.40. The first-order valence-electron chi connectivity index (χ1n) is 5.06. The maximum atomic E-state index is 12.7. The Morgan fingerprint density at radius 2 is 1.94 bits per heavy atom. The topological polar surface area (TPSA) is 37.3 Å². The molecule has 0 saturated heterocycles. The number of carboxylic acid groups (broad SMARTS) is 1. The quantitative estimate of drug-likeness (QED) is 0.795. The zero-order chi connectivity index (χ0) is 12.2. The molecule has 0 aliphatic heterocycles. The third-order valence-corrected chi connectivity index (χ3v) is 2.25. The molecule has 0 amide bonds. The summed E-state index contributed by atoms with van der Waals surface area (Å²) in [5.74, 6) is -1.21. The SMILES string of the molecule is CC(C)(/C=C/C(=O)O)Cc1ccc(F)cc1. The Hall–Kier alpha value is -1.64. The van der Waals surface area contributed by atoms with E-state index in [1.54, 1.807) is 18.2 Å². The molecule has 3 heteroatoms. The van der Waals surface area contributed by atoms with Crippen LogP contribution in [-0.4, -0.2) is 11.1 Å². The fraction of sp³-hybridized carbons (Fsp3) is 0.308. The molecule has 0 spiro atoms. The van der Waals surface area contributed by atoms with Gasteiger partial charge in [-0.25, -0.2) is 9.18 Å². The monoisotopic (exact) mass is 222 g/mol. The summed E-state index contributed by atoms with van der Waals surface area (Å²) in [5, 5.41) is 8.54. The summed E-state index contributed by atoms with van der Waals surface area (Å²) >= 11 is 0. The molecular weight excluding hydrogens is 207 g/mol.